The molecule has 94 valence electrons. The van der Waals surface area contributed by atoms with E-state index in [0.717, 1.165) is 0 Å². The first-order chi connectivity index (χ1) is 7.71. The van der Waals surface area contributed by atoms with Gasteiger partial charge < -0.3 is 0 Å². The van der Waals surface area contributed by atoms with Crippen molar-refractivity contribution >= 4 is 44.7 Å². The zero-order chi connectivity index (χ0) is 13.2. The summed E-state index contributed by atoms with van der Waals surface area (Å²) < 4.78 is 29.3. The fourth-order valence-corrected chi connectivity index (χ4v) is 2.29. The Hall–Kier alpha value is -0.260. The van der Waals surface area contributed by atoms with Crippen LogP contribution in [0.25, 0.3) is 0 Å². The molecule has 0 N–H and O–H groups in total. The maximum Gasteiger partial charge on any atom is 0.150 e. The third-order valence-corrected chi connectivity index (χ3v) is 3.91. The molecule has 0 aromatic heterocycles. The van der Waals surface area contributed by atoms with Crippen LogP contribution in [0.15, 0.2) is 21.0 Å². The molecule has 0 aliphatic heterocycles. The molecule has 0 heterocycles. The molecule has 1 aromatic carbocycles. The van der Waals surface area contributed by atoms with Crippen LogP contribution in [0.3, 0.4) is 0 Å². The number of hydrogen-bond donors (Lipinski definition) is 0. The molecule has 0 fully saturated rings. The molecular formula is C11H12BrClFNOS. The van der Waals surface area contributed by atoms with Crippen molar-refractivity contribution in [3.05, 3.63) is 33.0 Å². The summed E-state index contributed by atoms with van der Waals surface area (Å²) in [5.74, 6) is -0.565. The molecule has 17 heavy (non-hydrogen) atoms. The van der Waals surface area contributed by atoms with Gasteiger partial charge in [-0.1, -0.05) is 27.5 Å². The van der Waals surface area contributed by atoms with E-state index in [9.17, 15) is 8.60 Å². The van der Waals surface area contributed by atoms with Gasteiger partial charge >= 0.3 is 0 Å². The van der Waals surface area contributed by atoms with E-state index in [1.807, 2.05) is 0 Å². The van der Waals surface area contributed by atoms with Crippen LogP contribution >= 0.6 is 27.5 Å². The predicted octanol–water partition coefficient (Wildman–Crippen LogP) is 4.12. The van der Waals surface area contributed by atoms with E-state index in [1.54, 1.807) is 20.8 Å². The monoisotopic (exact) mass is 339 g/mol. The lowest BCUT2D eigenvalue weighted by atomic mass is 10.2. The lowest BCUT2D eigenvalue weighted by Gasteiger charge is -2.12. The van der Waals surface area contributed by atoms with Crippen molar-refractivity contribution in [1.82, 2.24) is 0 Å². The highest BCUT2D eigenvalue weighted by Crippen LogP contribution is 2.23. The molecule has 0 unspecified atom stereocenters. The molecule has 6 heteroatoms. The van der Waals surface area contributed by atoms with E-state index in [2.05, 4.69) is 20.3 Å². The highest BCUT2D eigenvalue weighted by molar-refractivity contribution is 9.10. The topological polar surface area (TPSA) is 29.4 Å². The molecule has 1 atom stereocenters. The second-order valence-electron chi connectivity index (χ2n) is 4.39. The number of nitrogens with zero attached hydrogens (tertiary/aromatic N) is 1. The summed E-state index contributed by atoms with van der Waals surface area (Å²) in [5.41, 5.74) is 0.210. The van der Waals surface area contributed by atoms with Gasteiger partial charge in [0.15, 0.2) is 5.82 Å². The average Bonchev–Trinajstić information content (AvgIpc) is 2.19. The average molecular weight is 341 g/mol. The third kappa shape index (κ3) is 4.16. The minimum Gasteiger partial charge on any atom is -0.234 e. The zero-order valence-electron chi connectivity index (χ0n) is 9.63. The van der Waals surface area contributed by atoms with Crippen LogP contribution in [0.2, 0.25) is 5.02 Å². The fourth-order valence-electron chi connectivity index (χ4n) is 0.933. The highest BCUT2D eigenvalue weighted by atomic mass is 79.9. The number of halogens is 3. The standard InChI is InChI=1S/C11H12BrClFNOS/c1-11(2,3)17(16)15-6-7-4-8(12)5-9(13)10(7)14/h4-6H,1-3H3/t17-/m0/s1. The van der Waals surface area contributed by atoms with Crippen LogP contribution in [0.4, 0.5) is 4.39 Å². The molecule has 0 bridgehead atoms. The van der Waals surface area contributed by atoms with E-state index in [4.69, 9.17) is 11.6 Å². The summed E-state index contributed by atoms with van der Waals surface area (Å²) in [6.07, 6.45) is 1.24. The van der Waals surface area contributed by atoms with Crippen LogP contribution in [0.5, 0.6) is 0 Å². The molecule has 0 spiro atoms. The minimum absolute atomic E-state index is 0.00219. The SMILES string of the molecule is CC(C)(C)[S@](=O)N=Cc1cc(Br)cc(Cl)c1F. The minimum atomic E-state index is -1.41. The number of benzene rings is 1. The lowest BCUT2D eigenvalue weighted by molar-refractivity contribution is 0.626. The Morgan fingerprint density at radius 2 is 2.06 bits per heavy atom. The van der Waals surface area contributed by atoms with E-state index < -0.39 is 21.5 Å². The first-order valence-electron chi connectivity index (χ1n) is 4.82. The second kappa shape index (κ2) is 5.59. The molecule has 0 saturated heterocycles. The maximum absolute atomic E-state index is 13.6. The first-order valence-corrected chi connectivity index (χ1v) is 7.10. The zero-order valence-corrected chi connectivity index (χ0v) is 12.8. The molecule has 0 aliphatic rings. The molecule has 0 saturated carbocycles. The Balaban J connectivity index is 3.04. The van der Waals surface area contributed by atoms with E-state index in [-0.39, 0.29) is 10.6 Å². The smallest absolute Gasteiger partial charge is 0.150 e. The normalized spacial score (nSPS) is 14.2. The molecule has 0 radical (unpaired) electrons. The van der Waals surface area contributed by atoms with Crippen LogP contribution in [-0.4, -0.2) is 15.2 Å². The Bertz CT molecular complexity index is 485. The van der Waals surface area contributed by atoms with Gasteiger partial charge in [0.2, 0.25) is 0 Å². The lowest BCUT2D eigenvalue weighted by Crippen LogP contribution is -2.19. The van der Waals surface area contributed by atoms with Crippen LogP contribution < -0.4 is 0 Å². The quantitative estimate of drug-likeness (QED) is 0.588. The maximum atomic E-state index is 13.6. The summed E-state index contributed by atoms with van der Waals surface area (Å²) in [6.45, 7) is 5.39. The third-order valence-electron chi connectivity index (χ3n) is 1.83. The molecule has 1 aromatic rings. The largest absolute Gasteiger partial charge is 0.234 e. The molecule has 1 rings (SSSR count). The van der Waals surface area contributed by atoms with Crippen LogP contribution in [-0.2, 0) is 11.0 Å². The number of rotatable bonds is 2. The molecule has 2 nitrogen and oxygen atoms in total. The van der Waals surface area contributed by atoms with Gasteiger partial charge in [0.05, 0.1) is 9.77 Å². The van der Waals surface area contributed by atoms with Gasteiger partial charge in [0.25, 0.3) is 0 Å². The van der Waals surface area contributed by atoms with Crippen molar-refractivity contribution in [3.8, 4) is 0 Å². The fraction of sp³-hybridized carbons (Fsp3) is 0.364. The first kappa shape index (κ1) is 14.8. The summed E-state index contributed by atoms with van der Waals surface area (Å²) in [5, 5.41) is 0.00219. The van der Waals surface area contributed by atoms with Gasteiger partial charge in [-0.3, -0.25) is 0 Å². The van der Waals surface area contributed by atoms with Gasteiger partial charge in [-0.2, -0.15) is 4.40 Å². The van der Waals surface area contributed by atoms with Gasteiger partial charge in [-0.05, 0) is 32.9 Å². The highest BCUT2D eigenvalue weighted by Gasteiger charge is 2.18. The summed E-state index contributed by atoms with van der Waals surface area (Å²) >= 11 is 8.89. The summed E-state index contributed by atoms with van der Waals surface area (Å²) in [4.78, 5) is 0. The van der Waals surface area contributed by atoms with Crippen molar-refractivity contribution in [2.45, 2.75) is 25.5 Å². The van der Waals surface area contributed by atoms with E-state index in [1.165, 1.54) is 18.3 Å². The Kier molecular flexibility index (Phi) is 4.86. The predicted molar refractivity (Wildman–Crippen MR) is 74.6 cm³/mol. The van der Waals surface area contributed by atoms with Crippen molar-refractivity contribution < 1.29 is 8.60 Å². The van der Waals surface area contributed by atoms with E-state index in [0.29, 0.717) is 4.47 Å². The number of hydrogen-bond acceptors (Lipinski definition) is 1. The van der Waals surface area contributed by atoms with E-state index >= 15 is 0 Å². The van der Waals surface area contributed by atoms with Crippen LogP contribution in [0, 0.1) is 5.82 Å². The second-order valence-corrected chi connectivity index (χ2v) is 7.64. The summed E-state index contributed by atoms with van der Waals surface area (Å²) in [6, 6.07) is 2.99. The Morgan fingerprint density at radius 1 is 1.47 bits per heavy atom. The van der Waals surface area contributed by atoms with Crippen LogP contribution in [0.1, 0.15) is 26.3 Å². The Morgan fingerprint density at radius 3 is 2.59 bits per heavy atom. The molecule has 0 amide bonds. The van der Waals surface area contributed by atoms with Gasteiger partial charge in [-0.25, -0.2) is 8.60 Å². The Labute approximate surface area is 116 Å². The van der Waals surface area contributed by atoms with Crippen molar-refractivity contribution in [1.29, 1.82) is 0 Å². The molecule has 0 aliphatic carbocycles. The van der Waals surface area contributed by atoms with Gasteiger partial charge in [0, 0.05) is 16.3 Å². The van der Waals surface area contributed by atoms with Crippen molar-refractivity contribution in [3.63, 3.8) is 0 Å². The van der Waals surface area contributed by atoms with Gasteiger partial charge in [0.1, 0.15) is 11.0 Å². The van der Waals surface area contributed by atoms with Crippen molar-refractivity contribution in [2.24, 2.45) is 4.40 Å². The van der Waals surface area contributed by atoms with Gasteiger partial charge in [-0.15, -0.1) is 0 Å². The van der Waals surface area contributed by atoms with Crippen molar-refractivity contribution in [2.75, 3.05) is 0 Å². The summed E-state index contributed by atoms with van der Waals surface area (Å²) in [7, 11) is -1.41. The molecular weight excluding hydrogens is 329 g/mol.